The number of phenolic OH excluding ortho intramolecular Hbond substituents is 1. The first-order valence-corrected chi connectivity index (χ1v) is 3.76. The summed E-state index contributed by atoms with van der Waals surface area (Å²) in [7, 11) is 1.51. The highest BCUT2D eigenvalue weighted by molar-refractivity contribution is 5.96. The van der Waals surface area contributed by atoms with E-state index in [4.69, 9.17) is 14.9 Å². The Morgan fingerprint density at radius 1 is 1.54 bits per heavy atom. The number of methoxy groups -OCH3 is 1. The van der Waals surface area contributed by atoms with E-state index >= 15 is 0 Å². The Hall–Kier alpha value is -1.84. The van der Waals surface area contributed by atoms with Crippen molar-refractivity contribution in [3.05, 3.63) is 18.4 Å². The summed E-state index contributed by atoms with van der Waals surface area (Å²) < 4.78 is 10.2. The van der Waals surface area contributed by atoms with Crippen LogP contribution in [0.3, 0.4) is 0 Å². The summed E-state index contributed by atoms with van der Waals surface area (Å²) in [5.41, 5.74) is 6.48. The monoisotopic (exact) mass is 179 g/mol. The number of rotatable bonds is 1. The number of nitrogen functional groups attached to an aromatic ring is 1. The van der Waals surface area contributed by atoms with Gasteiger partial charge in [0.1, 0.15) is 5.75 Å². The second-order valence-corrected chi connectivity index (χ2v) is 2.68. The molecule has 0 fully saturated rings. The van der Waals surface area contributed by atoms with Gasteiger partial charge in [-0.15, -0.1) is 0 Å². The van der Waals surface area contributed by atoms with Gasteiger partial charge < -0.3 is 20.0 Å². The maximum Gasteiger partial charge on any atom is 0.178 e. The first kappa shape index (κ1) is 7.79. The Balaban J connectivity index is 2.87. The number of benzene rings is 1. The van der Waals surface area contributed by atoms with E-state index in [0.29, 0.717) is 22.4 Å². The molecule has 4 nitrogen and oxygen atoms in total. The lowest BCUT2D eigenvalue weighted by atomic mass is 10.2. The fourth-order valence-electron chi connectivity index (χ4n) is 1.27. The molecular formula is C9H9NO3. The molecule has 2 rings (SSSR count). The lowest BCUT2D eigenvalue weighted by Gasteiger charge is -2.04. The minimum atomic E-state index is 0.00532. The lowest BCUT2D eigenvalue weighted by Crippen LogP contribution is -1.89. The Bertz CT molecular complexity index is 447. The molecule has 1 heterocycles. The molecule has 0 radical (unpaired) electrons. The van der Waals surface area contributed by atoms with Gasteiger partial charge in [0.15, 0.2) is 11.3 Å². The first-order chi connectivity index (χ1) is 6.24. The number of hydrogen-bond acceptors (Lipinski definition) is 4. The summed E-state index contributed by atoms with van der Waals surface area (Å²) in [5.74, 6) is 0.484. The van der Waals surface area contributed by atoms with Crippen molar-refractivity contribution in [3.8, 4) is 11.5 Å². The minimum absolute atomic E-state index is 0.00532. The Morgan fingerprint density at radius 2 is 2.31 bits per heavy atom. The summed E-state index contributed by atoms with van der Waals surface area (Å²) in [6.07, 6.45) is 1.50. The van der Waals surface area contributed by atoms with E-state index in [1.807, 2.05) is 0 Å². The third-order valence-electron chi connectivity index (χ3n) is 1.94. The molecule has 0 spiro atoms. The van der Waals surface area contributed by atoms with Gasteiger partial charge in [0.25, 0.3) is 0 Å². The van der Waals surface area contributed by atoms with Crippen LogP contribution in [0.5, 0.6) is 11.5 Å². The molecule has 0 atom stereocenters. The van der Waals surface area contributed by atoms with Crippen LogP contribution in [0.4, 0.5) is 5.69 Å². The predicted molar refractivity (Wildman–Crippen MR) is 48.8 cm³/mol. The SMILES string of the molecule is COc1cc(O)c(N)c2ccoc12. The van der Waals surface area contributed by atoms with E-state index in [2.05, 4.69) is 0 Å². The third-order valence-corrected chi connectivity index (χ3v) is 1.94. The summed E-state index contributed by atoms with van der Waals surface area (Å²) in [5, 5.41) is 10.1. The van der Waals surface area contributed by atoms with E-state index in [1.54, 1.807) is 6.07 Å². The van der Waals surface area contributed by atoms with Gasteiger partial charge in [-0.2, -0.15) is 0 Å². The summed E-state index contributed by atoms with van der Waals surface area (Å²) in [6.45, 7) is 0. The molecule has 1 aromatic carbocycles. The zero-order valence-electron chi connectivity index (χ0n) is 7.07. The first-order valence-electron chi connectivity index (χ1n) is 3.76. The van der Waals surface area contributed by atoms with Crippen LogP contribution in [0, 0.1) is 0 Å². The van der Waals surface area contributed by atoms with Gasteiger partial charge in [0, 0.05) is 6.07 Å². The number of aromatic hydroxyl groups is 1. The molecule has 0 saturated carbocycles. The van der Waals surface area contributed by atoms with E-state index in [9.17, 15) is 5.11 Å². The molecule has 13 heavy (non-hydrogen) atoms. The van der Waals surface area contributed by atoms with Crippen LogP contribution >= 0.6 is 0 Å². The Morgan fingerprint density at radius 3 is 3.00 bits per heavy atom. The average molecular weight is 179 g/mol. The second kappa shape index (κ2) is 2.58. The number of nitrogens with two attached hydrogens (primary N) is 1. The standard InChI is InChI=1S/C9H9NO3/c1-12-7-4-6(11)8(10)5-2-3-13-9(5)7/h2-4,11H,10H2,1H3. The fourth-order valence-corrected chi connectivity index (χ4v) is 1.27. The molecule has 0 saturated heterocycles. The van der Waals surface area contributed by atoms with Crippen molar-refractivity contribution in [1.82, 2.24) is 0 Å². The highest BCUT2D eigenvalue weighted by Gasteiger charge is 2.11. The van der Waals surface area contributed by atoms with E-state index < -0.39 is 0 Å². The van der Waals surface area contributed by atoms with Gasteiger partial charge >= 0.3 is 0 Å². The molecule has 0 aliphatic carbocycles. The van der Waals surface area contributed by atoms with E-state index in [1.165, 1.54) is 19.4 Å². The maximum absolute atomic E-state index is 9.40. The van der Waals surface area contributed by atoms with Crippen LogP contribution in [0.1, 0.15) is 0 Å². The Kier molecular flexibility index (Phi) is 1.55. The molecule has 0 amide bonds. The molecule has 2 aromatic rings. The van der Waals surface area contributed by atoms with Crippen LogP contribution in [0.25, 0.3) is 11.0 Å². The Labute approximate surface area is 74.5 Å². The maximum atomic E-state index is 9.40. The molecule has 0 bridgehead atoms. The van der Waals surface area contributed by atoms with E-state index in [0.717, 1.165) is 0 Å². The molecular weight excluding hydrogens is 170 g/mol. The number of fused-ring (bicyclic) bond motifs is 1. The average Bonchev–Trinajstić information content (AvgIpc) is 2.60. The third kappa shape index (κ3) is 0.989. The van der Waals surface area contributed by atoms with Gasteiger partial charge in [-0.25, -0.2) is 0 Å². The van der Waals surface area contributed by atoms with Gasteiger partial charge in [-0.1, -0.05) is 0 Å². The summed E-state index contributed by atoms with van der Waals surface area (Å²) in [4.78, 5) is 0. The topological polar surface area (TPSA) is 68.6 Å². The molecule has 4 heteroatoms. The van der Waals surface area contributed by atoms with Crippen LogP contribution in [0.15, 0.2) is 22.8 Å². The molecule has 1 aromatic heterocycles. The van der Waals surface area contributed by atoms with Gasteiger partial charge in [0.05, 0.1) is 24.4 Å². The lowest BCUT2D eigenvalue weighted by molar-refractivity contribution is 0.404. The molecule has 0 aliphatic rings. The normalized spacial score (nSPS) is 10.5. The van der Waals surface area contributed by atoms with Gasteiger partial charge in [0.2, 0.25) is 0 Å². The molecule has 0 aliphatic heterocycles. The zero-order chi connectivity index (χ0) is 9.42. The molecule has 68 valence electrons. The highest BCUT2D eigenvalue weighted by Crippen LogP contribution is 2.37. The largest absolute Gasteiger partial charge is 0.506 e. The number of hydrogen-bond donors (Lipinski definition) is 2. The van der Waals surface area contributed by atoms with Crippen molar-refractivity contribution in [2.24, 2.45) is 0 Å². The van der Waals surface area contributed by atoms with Crippen molar-refractivity contribution < 1.29 is 14.3 Å². The quantitative estimate of drug-likeness (QED) is 0.516. The smallest absolute Gasteiger partial charge is 0.178 e. The van der Waals surface area contributed by atoms with Crippen molar-refractivity contribution in [3.63, 3.8) is 0 Å². The number of phenols is 1. The molecule has 3 N–H and O–H groups in total. The zero-order valence-corrected chi connectivity index (χ0v) is 7.07. The number of furan rings is 1. The number of anilines is 1. The van der Waals surface area contributed by atoms with Crippen molar-refractivity contribution >= 4 is 16.7 Å². The minimum Gasteiger partial charge on any atom is -0.506 e. The second-order valence-electron chi connectivity index (χ2n) is 2.68. The van der Waals surface area contributed by atoms with Gasteiger partial charge in [-0.3, -0.25) is 0 Å². The highest BCUT2D eigenvalue weighted by atomic mass is 16.5. The van der Waals surface area contributed by atoms with Crippen LogP contribution in [0.2, 0.25) is 0 Å². The van der Waals surface area contributed by atoms with Crippen LogP contribution in [-0.2, 0) is 0 Å². The summed E-state index contributed by atoms with van der Waals surface area (Å²) in [6, 6.07) is 3.12. The molecule has 0 unspecified atom stereocenters. The van der Waals surface area contributed by atoms with Crippen LogP contribution < -0.4 is 10.5 Å². The van der Waals surface area contributed by atoms with Crippen molar-refractivity contribution in [1.29, 1.82) is 0 Å². The summed E-state index contributed by atoms with van der Waals surface area (Å²) >= 11 is 0. The number of ether oxygens (including phenoxy) is 1. The predicted octanol–water partition coefficient (Wildman–Crippen LogP) is 1.73. The van der Waals surface area contributed by atoms with Crippen molar-refractivity contribution in [2.75, 3.05) is 12.8 Å². The van der Waals surface area contributed by atoms with Gasteiger partial charge in [-0.05, 0) is 6.07 Å². The van der Waals surface area contributed by atoms with E-state index in [-0.39, 0.29) is 5.75 Å². The van der Waals surface area contributed by atoms with Crippen LogP contribution in [-0.4, -0.2) is 12.2 Å². The van der Waals surface area contributed by atoms with Crippen molar-refractivity contribution in [2.45, 2.75) is 0 Å². The fraction of sp³-hybridized carbons (Fsp3) is 0.111.